The lowest BCUT2D eigenvalue weighted by Gasteiger charge is -2.11. The zero-order chi connectivity index (χ0) is 19.0. The van der Waals surface area contributed by atoms with Crippen LogP contribution in [0.1, 0.15) is 11.5 Å². The summed E-state index contributed by atoms with van der Waals surface area (Å²) in [6.07, 6.45) is 4.75. The number of furan rings is 1. The van der Waals surface area contributed by atoms with E-state index in [1.165, 1.54) is 6.08 Å². The van der Waals surface area contributed by atoms with E-state index >= 15 is 0 Å². The molecule has 0 unspecified atom stereocenters. The van der Waals surface area contributed by atoms with Crippen LogP contribution in [0.3, 0.4) is 0 Å². The van der Waals surface area contributed by atoms with Crippen molar-refractivity contribution in [2.75, 3.05) is 5.73 Å². The molecule has 3 amide bonds. The SMILES string of the molecule is Cn1cncc1CN1C(=O)N/C(=C/c2ccc(-c3ccc(N)cc3)o2)C1=O. The van der Waals surface area contributed by atoms with Gasteiger partial charge in [0, 0.05) is 30.6 Å². The molecule has 4 rings (SSSR count). The van der Waals surface area contributed by atoms with Crippen molar-refractivity contribution in [2.24, 2.45) is 7.05 Å². The van der Waals surface area contributed by atoms with Crippen LogP contribution in [-0.2, 0) is 18.4 Å². The van der Waals surface area contributed by atoms with Crippen molar-refractivity contribution in [2.45, 2.75) is 6.54 Å². The van der Waals surface area contributed by atoms with Gasteiger partial charge >= 0.3 is 6.03 Å². The van der Waals surface area contributed by atoms with E-state index < -0.39 is 11.9 Å². The number of rotatable bonds is 4. The number of nitrogens with one attached hydrogen (secondary N) is 1. The first-order chi connectivity index (χ1) is 13.0. The summed E-state index contributed by atoms with van der Waals surface area (Å²) in [7, 11) is 1.80. The molecule has 8 nitrogen and oxygen atoms in total. The monoisotopic (exact) mass is 363 g/mol. The van der Waals surface area contributed by atoms with E-state index in [9.17, 15) is 9.59 Å². The maximum Gasteiger partial charge on any atom is 0.329 e. The van der Waals surface area contributed by atoms with Crippen molar-refractivity contribution < 1.29 is 14.0 Å². The van der Waals surface area contributed by atoms with E-state index in [2.05, 4.69) is 10.3 Å². The highest BCUT2D eigenvalue weighted by Crippen LogP contribution is 2.25. The second kappa shape index (κ2) is 6.49. The van der Waals surface area contributed by atoms with Gasteiger partial charge in [-0.3, -0.25) is 9.69 Å². The molecule has 0 radical (unpaired) electrons. The van der Waals surface area contributed by atoms with Crippen LogP contribution in [0, 0.1) is 0 Å². The van der Waals surface area contributed by atoms with Crippen molar-refractivity contribution in [3.8, 4) is 11.3 Å². The fraction of sp³-hybridized carbons (Fsp3) is 0.105. The molecule has 3 aromatic rings. The Hall–Kier alpha value is -3.81. The van der Waals surface area contributed by atoms with Crippen molar-refractivity contribution in [1.29, 1.82) is 0 Å². The van der Waals surface area contributed by atoms with Gasteiger partial charge in [-0.25, -0.2) is 9.78 Å². The van der Waals surface area contributed by atoms with Crippen molar-refractivity contribution in [3.05, 3.63) is 66.1 Å². The number of urea groups is 1. The summed E-state index contributed by atoms with van der Waals surface area (Å²) in [5.74, 6) is 0.699. The van der Waals surface area contributed by atoms with Crippen LogP contribution in [0.2, 0.25) is 0 Å². The average Bonchev–Trinajstić information content (AvgIpc) is 3.33. The van der Waals surface area contributed by atoms with E-state index in [1.54, 1.807) is 48.4 Å². The number of aromatic nitrogens is 2. The number of nitrogens with two attached hydrogens (primary N) is 1. The molecule has 2 aromatic heterocycles. The Labute approximate surface area is 154 Å². The van der Waals surface area contributed by atoms with Gasteiger partial charge in [-0.05, 0) is 36.4 Å². The van der Waals surface area contributed by atoms with Gasteiger partial charge in [-0.15, -0.1) is 0 Å². The number of imidazole rings is 1. The summed E-state index contributed by atoms with van der Waals surface area (Å²) in [5, 5.41) is 2.58. The summed E-state index contributed by atoms with van der Waals surface area (Å²) in [6, 6.07) is 10.3. The van der Waals surface area contributed by atoms with E-state index in [-0.39, 0.29) is 12.2 Å². The van der Waals surface area contributed by atoms with E-state index in [0.717, 1.165) is 16.2 Å². The molecule has 1 aliphatic heterocycles. The van der Waals surface area contributed by atoms with Crippen LogP contribution in [0.25, 0.3) is 17.4 Å². The van der Waals surface area contributed by atoms with Crippen molar-refractivity contribution >= 4 is 23.7 Å². The topological polar surface area (TPSA) is 106 Å². The van der Waals surface area contributed by atoms with Crippen LogP contribution < -0.4 is 11.1 Å². The average molecular weight is 363 g/mol. The smallest absolute Gasteiger partial charge is 0.329 e. The molecule has 0 aliphatic carbocycles. The third kappa shape index (κ3) is 3.20. The highest BCUT2D eigenvalue weighted by atomic mass is 16.3. The quantitative estimate of drug-likeness (QED) is 0.420. The van der Waals surface area contributed by atoms with Crippen LogP contribution in [0.5, 0.6) is 0 Å². The second-order valence-corrected chi connectivity index (χ2v) is 6.20. The number of nitrogens with zero attached hydrogens (tertiary/aromatic N) is 3. The number of benzene rings is 1. The normalized spacial score (nSPS) is 15.6. The second-order valence-electron chi connectivity index (χ2n) is 6.20. The molecule has 1 saturated heterocycles. The van der Waals surface area contributed by atoms with Gasteiger partial charge in [0.05, 0.1) is 18.6 Å². The fourth-order valence-corrected chi connectivity index (χ4v) is 2.79. The highest BCUT2D eigenvalue weighted by molar-refractivity contribution is 6.13. The summed E-state index contributed by atoms with van der Waals surface area (Å²) in [6.45, 7) is 0.146. The Balaban J connectivity index is 1.54. The van der Waals surface area contributed by atoms with E-state index in [0.29, 0.717) is 17.2 Å². The molecule has 8 heteroatoms. The van der Waals surface area contributed by atoms with E-state index in [1.807, 2.05) is 12.1 Å². The minimum absolute atomic E-state index is 0.146. The third-order valence-electron chi connectivity index (χ3n) is 4.31. The lowest BCUT2D eigenvalue weighted by Crippen LogP contribution is -2.30. The first-order valence-electron chi connectivity index (χ1n) is 8.27. The molecular weight excluding hydrogens is 346 g/mol. The fourth-order valence-electron chi connectivity index (χ4n) is 2.79. The molecule has 1 aromatic carbocycles. The highest BCUT2D eigenvalue weighted by Gasteiger charge is 2.34. The molecule has 0 spiro atoms. The lowest BCUT2D eigenvalue weighted by molar-refractivity contribution is -0.123. The maximum atomic E-state index is 12.6. The molecular formula is C19H17N5O3. The Bertz CT molecular complexity index is 1050. The van der Waals surface area contributed by atoms with Gasteiger partial charge in [0.1, 0.15) is 17.2 Å². The minimum Gasteiger partial charge on any atom is -0.457 e. The van der Waals surface area contributed by atoms with Gasteiger partial charge in [-0.2, -0.15) is 0 Å². The summed E-state index contributed by atoms with van der Waals surface area (Å²) >= 11 is 0. The Kier molecular flexibility index (Phi) is 4.00. The zero-order valence-electron chi connectivity index (χ0n) is 14.5. The summed E-state index contributed by atoms with van der Waals surface area (Å²) in [4.78, 5) is 29.8. The minimum atomic E-state index is -0.474. The standard InChI is InChI=1S/C19H17N5O3/c1-23-11-21-9-14(23)10-24-18(25)16(22-19(24)26)8-15-6-7-17(27-15)12-2-4-13(20)5-3-12/h2-9,11H,10,20H2,1H3,(H,22,26)/b16-8+. The Morgan fingerprint density at radius 1 is 1.19 bits per heavy atom. The van der Waals surface area contributed by atoms with Gasteiger partial charge in [-0.1, -0.05) is 0 Å². The Morgan fingerprint density at radius 2 is 1.96 bits per heavy atom. The number of nitrogen functional groups attached to an aromatic ring is 1. The first kappa shape index (κ1) is 16.6. The van der Waals surface area contributed by atoms with E-state index in [4.69, 9.17) is 10.2 Å². The molecule has 1 fully saturated rings. The van der Waals surface area contributed by atoms with Gasteiger partial charge < -0.3 is 20.0 Å². The molecule has 0 saturated carbocycles. The number of aryl methyl sites for hydroxylation is 1. The number of anilines is 1. The molecule has 1 aliphatic rings. The number of hydrogen-bond acceptors (Lipinski definition) is 5. The lowest BCUT2D eigenvalue weighted by atomic mass is 10.1. The largest absolute Gasteiger partial charge is 0.457 e. The summed E-state index contributed by atoms with van der Waals surface area (Å²) < 4.78 is 7.52. The predicted octanol–water partition coefficient (Wildman–Crippen LogP) is 2.36. The molecule has 3 N–H and O–H groups in total. The number of amides is 3. The van der Waals surface area contributed by atoms with Crippen molar-refractivity contribution in [1.82, 2.24) is 19.8 Å². The van der Waals surface area contributed by atoms with Gasteiger partial charge in [0.15, 0.2) is 0 Å². The number of imide groups is 1. The molecule has 136 valence electrons. The Morgan fingerprint density at radius 3 is 2.67 bits per heavy atom. The third-order valence-corrected chi connectivity index (χ3v) is 4.31. The van der Waals surface area contributed by atoms with Gasteiger partial charge in [0.2, 0.25) is 0 Å². The molecule has 0 bridgehead atoms. The number of hydrogen-bond donors (Lipinski definition) is 2. The van der Waals surface area contributed by atoms with Crippen LogP contribution in [0.15, 0.2) is 59.0 Å². The van der Waals surface area contributed by atoms with Crippen LogP contribution in [0.4, 0.5) is 10.5 Å². The number of carbonyl (C=O) groups is 2. The van der Waals surface area contributed by atoms with Gasteiger partial charge in [0.25, 0.3) is 5.91 Å². The van der Waals surface area contributed by atoms with Crippen molar-refractivity contribution in [3.63, 3.8) is 0 Å². The maximum absolute atomic E-state index is 12.6. The first-order valence-corrected chi connectivity index (χ1v) is 8.27. The predicted molar refractivity (Wildman–Crippen MR) is 98.8 cm³/mol. The molecule has 27 heavy (non-hydrogen) atoms. The zero-order valence-corrected chi connectivity index (χ0v) is 14.5. The molecule has 3 heterocycles. The molecule has 0 atom stereocenters. The van der Waals surface area contributed by atoms with Crippen LogP contribution >= 0.6 is 0 Å². The number of carbonyl (C=O) groups excluding carboxylic acids is 2. The van der Waals surface area contributed by atoms with Crippen LogP contribution in [-0.4, -0.2) is 26.4 Å². The summed E-state index contributed by atoms with van der Waals surface area (Å²) in [5.41, 5.74) is 8.15.